The molecule has 0 saturated carbocycles. The Bertz CT molecular complexity index is 315. The summed E-state index contributed by atoms with van der Waals surface area (Å²) >= 11 is 0. The molecule has 0 aromatic carbocycles. The van der Waals surface area contributed by atoms with Crippen LogP contribution in [0.2, 0.25) is 0 Å². The molecule has 0 aliphatic rings. The normalized spacial score (nSPS) is 8.60. The lowest BCUT2D eigenvalue weighted by Crippen LogP contribution is -2.05. The molecule has 7 N–H and O–H groups in total. The van der Waals surface area contributed by atoms with E-state index in [-0.39, 0.29) is 23.4 Å². The number of nitrogens with two attached hydrogens (primary N) is 3. The average molecular weight is 212 g/mol. The fraction of sp³-hybridized carbons (Fsp3) is 0.143. The highest BCUT2D eigenvalue weighted by Crippen LogP contribution is 1.97. The van der Waals surface area contributed by atoms with Crippen LogP contribution < -0.4 is 17.2 Å². The fourth-order valence-corrected chi connectivity index (χ4v) is 0.427. The molecular formula is C7H12N6O2. The second-order valence-electron chi connectivity index (χ2n) is 2.50. The third kappa shape index (κ3) is 5.80. The van der Waals surface area contributed by atoms with Gasteiger partial charge in [0.2, 0.25) is 17.8 Å². The minimum absolute atomic E-state index is 0.0417. The van der Waals surface area contributed by atoms with Crippen molar-refractivity contribution in [2.75, 3.05) is 17.2 Å². The topological polar surface area (TPSA) is 154 Å². The molecule has 1 heterocycles. The maximum absolute atomic E-state index is 9.60. The molecule has 1 aromatic rings. The number of anilines is 3. The summed E-state index contributed by atoms with van der Waals surface area (Å²) in [4.78, 5) is 20.1. The second-order valence-corrected chi connectivity index (χ2v) is 2.50. The van der Waals surface area contributed by atoms with Crippen molar-refractivity contribution in [2.24, 2.45) is 0 Å². The van der Waals surface area contributed by atoms with Gasteiger partial charge in [-0.1, -0.05) is 6.58 Å². The molecule has 82 valence electrons. The van der Waals surface area contributed by atoms with Gasteiger partial charge >= 0.3 is 5.97 Å². The molecule has 1 rings (SSSR count). The van der Waals surface area contributed by atoms with Gasteiger partial charge in [0.15, 0.2) is 0 Å². The third-order valence-corrected chi connectivity index (χ3v) is 1.05. The molecule has 0 unspecified atom stereocenters. The SMILES string of the molecule is C=C(C)C(=O)O.Nc1nc(N)nc(N)n1. The van der Waals surface area contributed by atoms with Crippen molar-refractivity contribution in [3.63, 3.8) is 0 Å². The quantitative estimate of drug-likeness (QED) is 0.444. The second kappa shape index (κ2) is 5.37. The highest BCUT2D eigenvalue weighted by molar-refractivity contribution is 5.84. The fourth-order valence-electron chi connectivity index (χ4n) is 0.427. The van der Waals surface area contributed by atoms with Gasteiger partial charge in [-0.2, -0.15) is 15.0 Å². The molecule has 0 amide bonds. The summed E-state index contributed by atoms with van der Waals surface area (Å²) in [5, 5.41) is 7.89. The number of carboxylic acid groups (broad SMARTS) is 1. The Hall–Kier alpha value is -2.38. The number of carbonyl (C=O) groups is 1. The molecule has 0 atom stereocenters. The molecule has 15 heavy (non-hydrogen) atoms. The van der Waals surface area contributed by atoms with Crippen molar-refractivity contribution >= 4 is 23.8 Å². The molecule has 0 spiro atoms. The van der Waals surface area contributed by atoms with Gasteiger partial charge in [-0.25, -0.2) is 4.79 Å². The summed E-state index contributed by atoms with van der Waals surface area (Å²) in [6, 6.07) is 0. The molecule has 0 fully saturated rings. The molecule has 0 bridgehead atoms. The largest absolute Gasteiger partial charge is 0.478 e. The van der Waals surface area contributed by atoms with Gasteiger partial charge in [-0.05, 0) is 6.92 Å². The van der Waals surface area contributed by atoms with E-state index in [1.165, 1.54) is 6.92 Å². The Labute approximate surface area is 85.8 Å². The Balaban J connectivity index is 0.000000288. The minimum Gasteiger partial charge on any atom is -0.478 e. The van der Waals surface area contributed by atoms with Crippen LogP contribution in [0.4, 0.5) is 17.8 Å². The van der Waals surface area contributed by atoms with E-state index in [1.807, 2.05) is 0 Å². The Morgan fingerprint density at radius 1 is 1.13 bits per heavy atom. The van der Waals surface area contributed by atoms with Gasteiger partial charge in [0, 0.05) is 5.57 Å². The summed E-state index contributed by atoms with van der Waals surface area (Å²) in [5.74, 6) is -0.810. The number of carboxylic acids is 1. The van der Waals surface area contributed by atoms with Crippen molar-refractivity contribution in [1.29, 1.82) is 0 Å². The number of hydrogen-bond acceptors (Lipinski definition) is 7. The van der Waals surface area contributed by atoms with E-state index in [9.17, 15) is 4.79 Å². The highest BCUT2D eigenvalue weighted by Gasteiger charge is 1.93. The number of hydrogen-bond donors (Lipinski definition) is 4. The van der Waals surface area contributed by atoms with Crippen molar-refractivity contribution in [3.8, 4) is 0 Å². The van der Waals surface area contributed by atoms with Crippen LogP contribution in [-0.4, -0.2) is 26.0 Å². The van der Waals surface area contributed by atoms with Crippen molar-refractivity contribution in [3.05, 3.63) is 12.2 Å². The summed E-state index contributed by atoms with van der Waals surface area (Å²) in [6.45, 7) is 4.60. The van der Waals surface area contributed by atoms with Gasteiger partial charge in [0.05, 0.1) is 0 Å². The maximum Gasteiger partial charge on any atom is 0.330 e. The van der Waals surface area contributed by atoms with Crippen LogP contribution in [0.5, 0.6) is 0 Å². The van der Waals surface area contributed by atoms with E-state index in [0.717, 1.165) is 0 Å². The third-order valence-electron chi connectivity index (χ3n) is 1.05. The molecule has 0 saturated heterocycles. The van der Waals surface area contributed by atoms with E-state index in [2.05, 4.69) is 21.5 Å². The Morgan fingerprint density at radius 2 is 1.33 bits per heavy atom. The van der Waals surface area contributed by atoms with Gasteiger partial charge in [0.25, 0.3) is 0 Å². The van der Waals surface area contributed by atoms with E-state index >= 15 is 0 Å². The van der Waals surface area contributed by atoms with Crippen molar-refractivity contribution < 1.29 is 9.90 Å². The van der Waals surface area contributed by atoms with Crippen LogP contribution in [0, 0.1) is 0 Å². The van der Waals surface area contributed by atoms with Crippen LogP contribution >= 0.6 is 0 Å². The maximum atomic E-state index is 9.60. The van der Waals surface area contributed by atoms with E-state index in [1.54, 1.807) is 0 Å². The summed E-state index contributed by atoms with van der Waals surface area (Å²) in [6.07, 6.45) is 0. The average Bonchev–Trinajstić information content (AvgIpc) is 2.01. The Kier molecular flexibility index (Phi) is 4.52. The predicted octanol–water partition coefficient (Wildman–Crippen LogP) is -0.735. The number of nitrogens with zero attached hydrogens (tertiary/aromatic N) is 3. The zero-order valence-electron chi connectivity index (χ0n) is 8.14. The predicted molar refractivity (Wildman–Crippen MR) is 55.5 cm³/mol. The lowest BCUT2D eigenvalue weighted by molar-refractivity contribution is -0.132. The molecule has 8 heteroatoms. The van der Waals surface area contributed by atoms with E-state index in [4.69, 9.17) is 22.3 Å². The lowest BCUT2D eigenvalue weighted by Gasteiger charge is -1.93. The van der Waals surface area contributed by atoms with Crippen LogP contribution in [0.25, 0.3) is 0 Å². The molecule has 0 radical (unpaired) electrons. The molecule has 0 aliphatic heterocycles. The number of nitrogen functional groups attached to an aromatic ring is 3. The highest BCUT2D eigenvalue weighted by atomic mass is 16.4. The molecule has 1 aromatic heterocycles. The first kappa shape index (κ1) is 12.6. The van der Waals surface area contributed by atoms with Crippen molar-refractivity contribution in [1.82, 2.24) is 15.0 Å². The summed E-state index contributed by atoms with van der Waals surface area (Å²) in [7, 11) is 0. The zero-order chi connectivity index (χ0) is 12.0. The van der Waals surface area contributed by atoms with Gasteiger partial charge in [-0.15, -0.1) is 0 Å². The molecule has 8 nitrogen and oxygen atoms in total. The van der Waals surface area contributed by atoms with Gasteiger partial charge in [0.1, 0.15) is 0 Å². The Morgan fingerprint density at radius 3 is 1.47 bits per heavy atom. The standard InChI is InChI=1S/C4H6O2.C3H6N6/c1-3(2)4(5)6;4-1-7-2(5)9-3(6)8-1/h1H2,2H3,(H,5,6);(H6,4,5,6,7,8,9). The lowest BCUT2D eigenvalue weighted by atomic mass is 10.4. The smallest absolute Gasteiger partial charge is 0.330 e. The van der Waals surface area contributed by atoms with Crippen LogP contribution in [0.3, 0.4) is 0 Å². The first-order valence-corrected chi connectivity index (χ1v) is 3.74. The summed E-state index contributed by atoms with van der Waals surface area (Å²) < 4.78 is 0. The minimum atomic E-state index is -0.935. The summed E-state index contributed by atoms with van der Waals surface area (Å²) in [5.41, 5.74) is 15.6. The van der Waals surface area contributed by atoms with Crippen molar-refractivity contribution in [2.45, 2.75) is 6.92 Å². The van der Waals surface area contributed by atoms with Gasteiger partial charge in [-0.3, -0.25) is 0 Å². The van der Waals surface area contributed by atoms with Crippen LogP contribution in [-0.2, 0) is 4.79 Å². The van der Waals surface area contributed by atoms with E-state index in [0.29, 0.717) is 0 Å². The molecule has 0 aliphatic carbocycles. The van der Waals surface area contributed by atoms with Gasteiger partial charge < -0.3 is 22.3 Å². The molecular weight excluding hydrogens is 200 g/mol. The van der Waals surface area contributed by atoms with Crippen LogP contribution in [0.1, 0.15) is 6.92 Å². The monoisotopic (exact) mass is 212 g/mol. The first-order chi connectivity index (χ1) is 6.82. The van der Waals surface area contributed by atoms with Crippen LogP contribution in [0.15, 0.2) is 12.2 Å². The number of aromatic nitrogens is 3. The first-order valence-electron chi connectivity index (χ1n) is 3.74. The number of rotatable bonds is 1. The number of aliphatic carboxylic acids is 1. The zero-order valence-corrected chi connectivity index (χ0v) is 8.14. The van der Waals surface area contributed by atoms with E-state index < -0.39 is 5.97 Å².